The number of aromatic carboxylic acids is 1. The molecule has 0 fully saturated rings. The van der Waals surface area contributed by atoms with Crippen molar-refractivity contribution in [2.24, 2.45) is 0 Å². The van der Waals surface area contributed by atoms with E-state index >= 15 is 0 Å². The van der Waals surface area contributed by atoms with Gasteiger partial charge in [0.15, 0.2) is 11.6 Å². The highest BCUT2D eigenvalue weighted by Crippen LogP contribution is 2.26. The summed E-state index contributed by atoms with van der Waals surface area (Å²) in [4.78, 5) is 18.2. The van der Waals surface area contributed by atoms with E-state index in [1.54, 1.807) is 24.3 Å². The second-order valence-electron chi connectivity index (χ2n) is 4.22. The second-order valence-corrected chi connectivity index (χ2v) is 4.22. The van der Waals surface area contributed by atoms with Crippen molar-refractivity contribution < 1.29 is 18.7 Å². The number of hydrogen-bond acceptors (Lipinski definition) is 2. The predicted octanol–water partition coefficient (Wildman–Crippen LogP) is 3.21. The van der Waals surface area contributed by atoms with Gasteiger partial charge in [-0.05, 0) is 24.3 Å². The number of benzene rings is 2. The molecule has 0 atom stereocenters. The van der Waals surface area contributed by atoms with Gasteiger partial charge in [0.05, 0.1) is 16.6 Å². The standard InChI is InChI=1S/C14H8F2N2O2/c15-9-5-7(8(14(19)20)6-10(9)16)13-17-11-3-1-2-4-12(11)18-13/h1-6H,(H,17,18)(H,19,20). The normalized spacial score (nSPS) is 10.9. The Bertz CT molecular complexity index is 794. The summed E-state index contributed by atoms with van der Waals surface area (Å²) in [5, 5.41) is 9.09. The van der Waals surface area contributed by atoms with Gasteiger partial charge in [-0.2, -0.15) is 0 Å². The Kier molecular flexibility index (Phi) is 2.71. The third-order valence-electron chi connectivity index (χ3n) is 2.94. The van der Waals surface area contributed by atoms with Crippen LogP contribution in [0, 0.1) is 11.6 Å². The number of carboxylic acid groups (broad SMARTS) is 1. The van der Waals surface area contributed by atoms with E-state index in [1.807, 2.05) is 0 Å². The van der Waals surface area contributed by atoms with E-state index in [9.17, 15) is 13.6 Å². The highest BCUT2D eigenvalue weighted by Gasteiger charge is 2.18. The minimum absolute atomic E-state index is 0.00704. The maximum atomic E-state index is 13.4. The lowest BCUT2D eigenvalue weighted by Crippen LogP contribution is -2.03. The van der Waals surface area contributed by atoms with E-state index in [2.05, 4.69) is 9.97 Å². The van der Waals surface area contributed by atoms with Crippen molar-refractivity contribution in [3.8, 4) is 11.4 Å². The topological polar surface area (TPSA) is 66.0 Å². The Balaban J connectivity index is 2.27. The molecule has 0 aliphatic carbocycles. The molecule has 3 aromatic rings. The highest BCUT2D eigenvalue weighted by molar-refractivity contribution is 5.96. The Morgan fingerprint density at radius 2 is 1.85 bits per heavy atom. The van der Waals surface area contributed by atoms with Crippen LogP contribution in [0.5, 0.6) is 0 Å². The Hall–Kier alpha value is -2.76. The summed E-state index contributed by atoms with van der Waals surface area (Å²) in [6.45, 7) is 0. The first-order chi connectivity index (χ1) is 9.56. The molecular weight excluding hydrogens is 266 g/mol. The Labute approximate surface area is 111 Å². The lowest BCUT2D eigenvalue weighted by Gasteiger charge is -2.04. The fraction of sp³-hybridized carbons (Fsp3) is 0. The molecule has 0 aliphatic heterocycles. The minimum atomic E-state index is -1.35. The van der Waals surface area contributed by atoms with Crippen LogP contribution in [0.2, 0.25) is 0 Å². The number of carbonyl (C=O) groups is 1. The molecule has 20 heavy (non-hydrogen) atoms. The number of aromatic nitrogens is 2. The minimum Gasteiger partial charge on any atom is -0.478 e. The van der Waals surface area contributed by atoms with E-state index in [-0.39, 0.29) is 17.0 Å². The number of nitrogens with one attached hydrogen (secondary N) is 1. The average molecular weight is 274 g/mol. The van der Waals surface area contributed by atoms with E-state index < -0.39 is 17.6 Å². The van der Waals surface area contributed by atoms with Crippen LogP contribution in [-0.4, -0.2) is 21.0 Å². The van der Waals surface area contributed by atoms with Gasteiger partial charge in [0.1, 0.15) is 5.82 Å². The number of nitrogens with zero attached hydrogens (tertiary/aromatic N) is 1. The quantitative estimate of drug-likeness (QED) is 0.754. The molecule has 0 unspecified atom stereocenters. The van der Waals surface area contributed by atoms with Crippen molar-refractivity contribution in [3.05, 3.63) is 53.6 Å². The molecule has 0 spiro atoms. The van der Waals surface area contributed by atoms with Gasteiger partial charge in [0.2, 0.25) is 0 Å². The van der Waals surface area contributed by atoms with E-state index in [4.69, 9.17) is 5.11 Å². The van der Waals surface area contributed by atoms with Gasteiger partial charge < -0.3 is 10.1 Å². The van der Waals surface area contributed by atoms with E-state index in [0.717, 1.165) is 6.07 Å². The van der Waals surface area contributed by atoms with E-state index in [1.165, 1.54) is 0 Å². The number of carboxylic acids is 1. The SMILES string of the molecule is O=C(O)c1cc(F)c(F)cc1-c1nc2ccccc2[nH]1. The van der Waals surface area contributed by atoms with E-state index in [0.29, 0.717) is 17.1 Å². The molecule has 100 valence electrons. The van der Waals surface area contributed by atoms with Gasteiger partial charge in [-0.15, -0.1) is 0 Å². The number of H-pyrrole nitrogens is 1. The molecule has 6 heteroatoms. The summed E-state index contributed by atoms with van der Waals surface area (Å²) in [6.07, 6.45) is 0. The van der Waals surface area contributed by atoms with Crippen molar-refractivity contribution in [1.82, 2.24) is 9.97 Å². The van der Waals surface area contributed by atoms with Crippen LogP contribution in [0.25, 0.3) is 22.4 Å². The summed E-state index contributed by atoms with van der Waals surface area (Å²) >= 11 is 0. The van der Waals surface area contributed by atoms with Gasteiger partial charge in [-0.3, -0.25) is 0 Å². The molecular formula is C14H8F2N2O2. The van der Waals surface area contributed by atoms with Gasteiger partial charge in [0, 0.05) is 5.56 Å². The van der Waals surface area contributed by atoms with Crippen LogP contribution in [0.15, 0.2) is 36.4 Å². The summed E-state index contributed by atoms with van der Waals surface area (Å²) in [5.41, 5.74) is 0.961. The number of aromatic amines is 1. The Morgan fingerprint density at radius 3 is 2.55 bits per heavy atom. The molecule has 0 bridgehead atoms. The van der Waals surface area contributed by atoms with Gasteiger partial charge >= 0.3 is 5.97 Å². The molecule has 0 radical (unpaired) electrons. The van der Waals surface area contributed by atoms with Crippen LogP contribution in [0.3, 0.4) is 0 Å². The van der Waals surface area contributed by atoms with Crippen LogP contribution < -0.4 is 0 Å². The summed E-state index contributed by atoms with van der Waals surface area (Å²) in [6, 6.07) is 8.53. The van der Waals surface area contributed by atoms with Gasteiger partial charge in [0.25, 0.3) is 0 Å². The van der Waals surface area contributed by atoms with Crippen molar-refractivity contribution >= 4 is 17.0 Å². The van der Waals surface area contributed by atoms with Gasteiger partial charge in [-0.25, -0.2) is 18.6 Å². The first kappa shape index (κ1) is 12.3. The third-order valence-corrected chi connectivity index (χ3v) is 2.94. The molecule has 0 aliphatic rings. The van der Waals surface area contributed by atoms with Crippen molar-refractivity contribution in [2.45, 2.75) is 0 Å². The maximum Gasteiger partial charge on any atom is 0.336 e. The molecule has 0 amide bonds. The van der Waals surface area contributed by atoms with Gasteiger partial charge in [-0.1, -0.05) is 12.1 Å². The zero-order valence-corrected chi connectivity index (χ0v) is 10.0. The fourth-order valence-electron chi connectivity index (χ4n) is 2.00. The largest absolute Gasteiger partial charge is 0.478 e. The number of imidazole rings is 1. The Morgan fingerprint density at radius 1 is 1.15 bits per heavy atom. The summed E-state index contributed by atoms with van der Waals surface area (Å²) < 4.78 is 26.5. The number of fused-ring (bicyclic) bond motifs is 1. The average Bonchev–Trinajstić information content (AvgIpc) is 2.84. The first-order valence-corrected chi connectivity index (χ1v) is 5.73. The molecule has 4 nitrogen and oxygen atoms in total. The van der Waals surface area contributed by atoms with Crippen molar-refractivity contribution in [1.29, 1.82) is 0 Å². The molecule has 0 saturated carbocycles. The zero-order chi connectivity index (χ0) is 14.3. The molecule has 1 heterocycles. The second kappa shape index (κ2) is 4.41. The maximum absolute atomic E-state index is 13.4. The highest BCUT2D eigenvalue weighted by atomic mass is 19.2. The predicted molar refractivity (Wildman–Crippen MR) is 68.4 cm³/mol. The zero-order valence-electron chi connectivity index (χ0n) is 10.0. The fourth-order valence-corrected chi connectivity index (χ4v) is 2.00. The van der Waals surface area contributed by atoms with Crippen LogP contribution in [0.4, 0.5) is 8.78 Å². The van der Waals surface area contributed by atoms with Crippen LogP contribution >= 0.6 is 0 Å². The van der Waals surface area contributed by atoms with Crippen LogP contribution in [0.1, 0.15) is 10.4 Å². The number of para-hydroxylation sites is 2. The van der Waals surface area contributed by atoms with Crippen molar-refractivity contribution in [2.75, 3.05) is 0 Å². The van der Waals surface area contributed by atoms with Crippen molar-refractivity contribution in [3.63, 3.8) is 0 Å². The molecule has 3 rings (SSSR count). The summed E-state index contributed by atoms with van der Waals surface area (Å²) in [5.74, 6) is -3.49. The molecule has 0 saturated heterocycles. The van der Waals surface area contributed by atoms with Crippen LogP contribution in [-0.2, 0) is 0 Å². The first-order valence-electron chi connectivity index (χ1n) is 5.73. The number of hydrogen-bond donors (Lipinski definition) is 2. The number of rotatable bonds is 2. The lowest BCUT2D eigenvalue weighted by atomic mass is 10.1. The summed E-state index contributed by atoms with van der Waals surface area (Å²) in [7, 11) is 0. The smallest absolute Gasteiger partial charge is 0.336 e. The molecule has 1 aromatic heterocycles. The molecule has 2 N–H and O–H groups in total. The number of halogens is 2. The third kappa shape index (κ3) is 1.91. The lowest BCUT2D eigenvalue weighted by molar-refractivity contribution is 0.0697. The monoisotopic (exact) mass is 274 g/mol. The molecule has 2 aromatic carbocycles.